The molecular formula is C13H15N3O2. The number of hydrogen-bond donors (Lipinski definition) is 0. The van der Waals surface area contributed by atoms with Crippen molar-refractivity contribution in [2.24, 2.45) is 5.11 Å². The molecule has 0 heterocycles. The predicted molar refractivity (Wildman–Crippen MR) is 68.5 cm³/mol. The van der Waals surface area contributed by atoms with Crippen molar-refractivity contribution in [1.82, 2.24) is 0 Å². The van der Waals surface area contributed by atoms with Gasteiger partial charge >= 0.3 is 0 Å². The maximum atomic E-state index is 8.67. The summed E-state index contributed by atoms with van der Waals surface area (Å²) in [6, 6.07) is 5.51. The van der Waals surface area contributed by atoms with Crippen LogP contribution in [0.3, 0.4) is 0 Å². The average Bonchev–Trinajstić information content (AvgIpc) is 2.74. The largest absolute Gasteiger partial charge is 0.497 e. The topological polar surface area (TPSA) is 67.2 Å². The fourth-order valence-electron chi connectivity index (χ4n) is 2.22. The van der Waals surface area contributed by atoms with Gasteiger partial charge in [0.1, 0.15) is 5.75 Å². The summed E-state index contributed by atoms with van der Waals surface area (Å²) in [5, 5.41) is 3.84. The number of nitrogens with zero attached hydrogens (tertiary/aromatic N) is 3. The summed E-state index contributed by atoms with van der Waals surface area (Å²) in [6.07, 6.45) is 2.31. The fraction of sp³-hybridized carbons (Fsp3) is 0.385. The Morgan fingerprint density at radius 2 is 2.44 bits per heavy atom. The molecule has 5 heteroatoms. The molecule has 18 heavy (non-hydrogen) atoms. The van der Waals surface area contributed by atoms with Crippen LogP contribution in [0.1, 0.15) is 17.2 Å². The number of fused-ring (bicyclic) bond motifs is 1. The molecule has 2 rings (SSSR count). The molecule has 1 aliphatic rings. The van der Waals surface area contributed by atoms with Crippen molar-refractivity contribution in [2.45, 2.75) is 18.6 Å². The van der Waals surface area contributed by atoms with Gasteiger partial charge in [-0.05, 0) is 35.2 Å². The minimum atomic E-state index is -0.292. The quantitative estimate of drug-likeness (QED) is 0.346. The third-order valence-corrected chi connectivity index (χ3v) is 3.05. The van der Waals surface area contributed by atoms with Gasteiger partial charge < -0.3 is 9.47 Å². The first-order valence-corrected chi connectivity index (χ1v) is 5.73. The average molecular weight is 245 g/mol. The highest BCUT2D eigenvalue weighted by Crippen LogP contribution is 2.38. The molecule has 0 spiro atoms. The molecular weight excluding hydrogens is 230 g/mol. The molecule has 2 atom stereocenters. The summed E-state index contributed by atoms with van der Waals surface area (Å²) in [5.74, 6) is 0.760. The molecule has 0 bridgehead atoms. The van der Waals surface area contributed by atoms with E-state index in [9.17, 15) is 0 Å². The van der Waals surface area contributed by atoms with Crippen LogP contribution in [0.4, 0.5) is 0 Å². The highest BCUT2D eigenvalue weighted by Gasteiger charge is 2.32. The molecule has 0 radical (unpaired) electrons. The molecule has 0 aromatic heterocycles. The van der Waals surface area contributed by atoms with Crippen molar-refractivity contribution in [2.75, 3.05) is 13.7 Å². The number of ether oxygens (including phenoxy) is 2. The summed E-state index contributed by atoms with van der Waals surface area (Å²) in [5.41, 5.74) is 10.8. The van der Waals surface area contributed by atoms with Crippen LogP contribution in [-0.4, -0.2) is 19.8 Å². The highest BCUT2D eigenvalue weighted by atomic mass is 16.5. The summed E-state index contributed by atoms with van der Waals surface area (Å²) in [6.45, 7) is 4.07. The van der Waals surface area contributed by atoms with Crippen molar-refractivity contribution in [3.63, 3.8) is 0 Å². The highest BCUT2D eigenvalue weighted by molar-refractivity contribution is 5.42. The summed E-state index contributed by atoms with van der Waals surface area (Å²) in [7, 11) is 1.62. The smallest absolute Gasteiger partial charge is 0.119 e. The zero-order valence-electron chi connectivity index (χ0n) is 10.2. The molecule has 0 unspecified atom stereocenters. The number of azide groups is 1. The number of methoxy groups -OCH3 is 1. The number of rotatable bonds is 5. The molecule has 1 aromatic carbocycles. The number of benzene rings is 1. The van der Waals surface area contributed by atoms with E-state index >= 15 is 0 Å². The molecule has 0 aliphatic heterocycles. The van der Waals surface area contributed by atoms with Crippen LogP contribution in [0.5, 0.6) is 5.75 Å². The fourth-order valence-corrected chi connectivity index (χ4v) is 2.22. The van der Waals surface area contributed by atoms with E-state index in [-0.39, 0.29) is 12.1 Å². The maximum Gasteiger partial charge on any atom is 0.119 e. The molecule has 0 amide bonds. The Bertz CT molecular complexity index is 495. The predicted octanol–water partition coefficient (Wildman–Crippen LogP) is 3.17. The van der Waals surface area contributed by atoms with Crippen LogP contribution in [0.25, 0.3) is 10.4 Å². The molecule has 5 nitrogen and oxygen atoms in total. The summed E-state index contributed by atoms with van der Waals surface area (Å²) >= 11 is 0. The normalized spacial score (nSPS) is 20.9. The van der Waals surface area contributed by atoms with E-state index in [1.54, 1.807) is 13.2 Å². The van der Waals surface area contributed by atoms with E-state index in [1.807, 2.05) is 18.2 Å². The maximum absolute atomic E-state index is 8.67. The Kier molecular flexibility index (Phi) is 3.87. The van der Waals surface area contributed by atoms with Crippen LogP contribution < -0.4 is 4.74 Å². The minimum absolute atomic E-state index is 0.124. The Morgan fingerprint density at radius 3 is 3.11 bits per heavy atom. The Balaban J connectivity index is 2.31. The van der Waals surface area contributed by atoms with Gasteiger partial charge in [0.25, 0.3) is 0 Å². The molecule has 1 aliphatic carbocycles. The molecule has 94 valence electrons. The van der Waals surface area contributed by atoms with Crippen LogP contribution in [-0.2, 0) is 11.2 Å². The van der Waals surface area contributed by atoms with E-state index in [1.165, 1.54) is 0 Å². The van der Waals surface area contributed by atoms with Gasteiger partial charge in [-0.3, -0.25) is 0 Å². The van der Waals surface area contributed by atoms with Gasteiger partial charge in [-0.15, -0.1) is 6.58 Å². The van der Waals surface area contributed by atoms with Crippen molar-refractivity contribution >= 4 is 0 Å². The van der Waals surface area contributed by atoms with Crippen LogP contribution >= 0.6 is 0 Å². The lowest BCUT2D eigenvalue weighted by atomic mass is 10.1. The van der Waals surface area contributed by atoms with Crippen LogP contribution in [0.2, 0.25) is 0 Å². The van der Waals surface area contributed by atoms with Gasteiger partial charge in [-0.25, -0.2) is 0 Å². The second kappa shape index (κ2) is 5.58. The third kappa shape index (κ3) is 2.32. The lowest BCUT2D eigenvalue weighted by molar-refractivity contribution is 0.0639. The zero-order chi connectivity index (χ0) is 13.0. The van der Waals surface area contributed by atoms with E-state index in [2.05, 4.69) is 16.6 Å². The van der Waals surface area contributed by atoms with Crippen molar-refractivity contribution < 1.29 is 9.47 Å². The van der Waals surface area contributed by atoms with Gasteiger partial charge in [-0.1, -0.05) is 17.3 Å². The summed E-state index contributed by atoms with van der Waals surface area (Å²) < 4.78 is 10.8. The van der Waals surface area contributed by atoms with E-state index in [4.69, 9.17) is 15.0 Å². The van der Waals surface area contributed by atoms with Crippen LogP contribution in [0, 0.1) is 0 Å². The third-order valence-electron chi connectivity index (χ3n) is 3.05. The van der Waals surface area contributed by atoms with Crippen molar-refractivity contribution in [3.05, 3.63) is 52.4 Å². The molecule has 0 saturated heterocycles. The lowest BCUT2D eigenvalue weighted by Crippen LogP contribution is -2.17. The van der Waals surface area contributed by atoms with Gasteiger partial charge in [-0.2, -0.15) is 0 Å². The molecule has 0 fully saturated rings. The molecule has 1 aromatic rings. The second-order valence-corrected chi connectivity index (χ2v) is 4.08. The van der Waals surface area contributed by atoms with Crippen molar-refractivity contribution in [1.29, 1.82) is 0 Å². The second-order valence-electron chi connectivity index (χ2n) is 4.08. The molecule has 0 saturated carbocycles. The standard InChI is InChI=1S/C13H15N3O2/c1-3-6-18-12-7-9-4-5-10(17-2)8-11(9)13(12)15-16-14/h3-5,8,12-13H,1,6-7H2,2H3/t12-,13+/m0/s1. The van der Waals surface area contributed by atoms with Crippen LogP contribution in [0.15, 0.2) is 36.0 Å². The molecule has 0 N–H and O–H groups in total. The van der Waals surface area contributed by atoms with E-state index in [0.29, 0.717) is 6.61 Å². The van der Waals surface area contributed by atoms with E-state index in [0.717, 1.165) is 23.3 Å². The Morgan fingerprint density at radius 1 is 1.61 bits per heavy atom. The van der Waals surface area contributed by atoms with Gasteiger partial charge in [0.05, 0.1) is 25.9 Å². The first-order chi connectivity index (χ1) is 8.80. The lowest BCUT2D eigenvalue weighted by Gasteiger charge is -2.15. The first-order valence-electron chi connectivity index (χ1n) is 5.73. The van der Waals surface area contributed by atoms with Gasteiger partial charge in [0, 0.05) is 4.91 Å². The van der Waals surface area contributed by atoms with E-state index < -0.39 is 0 Å². The zero-order valence-corrected chi connectivity index (χ0v) is 10.2. The first kappa shape index (κ1) is 12.5. The Labute approximate surface area is 106 Å². The monoisotopic (exact) mass is 245 g/mol. The van der Waals surface area contributed by atoms with Gasteiger partial charge in [0.15, 0.2) is 0 Å². The number of hydrogen-bond acceptors (Lipinski definition) is 3. The van der Waals surface area contributed by atoms with Crippen molar-refractivity contribution in [3.8, 4) is 5.75 Å². The van der Waals surface area contributed by atoms with Gasteiger partial charge in [0.2, 0.25) is 0 Å². The SMILES string of the molecule is C=CCO[C@H]1Cc2ccc(OC)cc2[C@H]1N=[N+]=[N-]. The minimum Gasteiger partial charge on any atom is -0.497 e. The Hall–Kier alpha value is -1.97. The summed E-state index contributed by atoms with van der Waals surface area (Å²) in [4.78, 5) is 2.91.